The molecule has 0 saturated carbocycles. The van der Waals surface area contributed by atoms with Crippen LogP contribution in [0.5, 0.6) is 0 Å². The molecule has 1 aromatic carbocycles. The zero-order valence-corrected chi connectivity index (χ0v) is 12.5. The fourth-order valence-corrected chi connectivity index (χ4v) is 2.07. The second-order valence-electron chi connectivity index (χ2n) is 5.49. The lowest BCUT2D eigenvalue weighted by atomic mass is 10.1. The standard InChI is InChI=1S/C16H21N3O/c1-11(2)15-8-19(10-17-15)9-16(20)18-14-6-5-12(3)7-13(14)4/h5-8,10-11H,9H2,1-4H3,(H,18,20). The molecule has 4 nitrogen and oxygen atoms in total. The Balaban J connectivity index is 2.01. The number of nitrogens with one attached hydrogen (secondary N) is 1. The smallest absolute Gasteiger partial charge is 0.244 e. The van der Waals surface area contributed by atoms with E-state index in [2.05, 4.69) is 30.2 Å². The van der Waals surface area contributed by atoms with Gasteiger partial charge in [0.2, 0.25) is 5.91 Å². The van der Waals surface area contributed by atoms with Gasteiger partial charge in [-0.15, -0.1) is 0 Å². The molecule has 2 aromatic rings. The number of imidazole rings is 1. The minimum absolute atomic E-state index is 0.0374. The lowest BCUT2D eigenvalue weighted by Gasteiger charge is -2.09. The molecule has 4 heteroatoms. The summed E-state index contributed by atoms with van der Waals surface area (Å²) in [6, 6.07) is 6.00. The van der Waals surface area contributed by atoms with Crippen LogP contribution >= 0.6 is 0 Å². The number of carbonyl (C=O) groups excluding carboxylic acids is 1. The van der Waals surface area contributed by atoms with Crippen LogP contribution in [-0.2, 0) is 11.3 Å². The zero-order chi connectivity index (χ0) is 14.7. The number of hydrogen-bond acceptors (Lipinski definition) is 2. The van der Waals surface area contributed by atoms with Crippen molar-refractivity contribution in [3.63, 3.8) is 0 Å². The Bertz CT molecular complexity index is 614. The number of aromatic nitrogens is 2. The molecule has 0 aliphatic heterocycles. The lowest BCUT2D eigenvalue weighted by molar-refractivity contribution is -0.116. The van der Waals surface area contributed by atoms with Gasteiger partial charge in [-0.3, -0.25) is 4.79 Å². The Morgan fingerprint density at radius 1 is 1.35 bits per heavy atom. The van der Waals surface area contributed by atoms with Gasteiger partial charge >= 0.3 is 0 Å². The molecular weight excluding hydrogens is 250 g/mol. The molecule has 1 heterocycles. The van der Waals surface area contributed by atoms with Gasteiger partial charge in [0.15, 0.2) is 0 Å². The summed E-state index contributed by atoms with van der Waals surface area (Å²) in [5.41, 5.74) is 4.14. The summed E-state index contributed by atoms with van der Waals surface area (Å²) in [5, 5.41) is 2.94. The van der Waals surface area contributed by atoms with E-state index < -0.39 is 0 Å². The van der Waals surface area contributed by atoms with E-state index in [1.54, 1.807) is 6.33 Å². The van der Waals surface area contributed by atoms with Crippen molar-refractivity contribution >= 4 is 11.6 Å². The van der Waals surface area contributed by atoms with Crippen molar-refractivity contribution in [1.29, 1.82) is 0 Å². The molecular formula is C16H21N3O. The van der Waals surface area contributed by atoms with E-state index in [9.17, 15) is 4.79 Å². The number of carbonyl (C=O) groups is 1. The SMILES string of the molecule is Cc1ccc(NC(=O)Cn2cnc(C(C)C)c2)c(C)c1. The molecule has 0 unspecified atom stereocenters. The first-order valence-electron chi connectivity index (χ1n) is 6.84. The molecule has 0 spiro atoms. The summed E-state index contributed by atoms with van der Waals surface area (Å²) in [5.74, 6) is 0.336. The molecule has 1 N–H and O–H groups in total. The highest BCUT2D eigenvalue weighted by atomic mass is 16.1. The van der Waals surface area contributed by atoms with Crippen LogP contribution in [0.2, 0.25) is 0 Å². The van der Waals surface area contributed by atoms with Gasteiger partial charge in [0.1, 0.15) is 6.54 Å². The van der Waals surface area contributed by atoms with Gasteiger partial charge in [-0.1, -0.05) is 31.5 Å². The molecule has 0 aliphatic carbocycles. The first-order valence-corrected chi connectivity index (χ1v) is 6.84. The van der Waals surface area contributed by atoms with E-state index in [0.717, 1.165) is 16.9 Å². The number of anilines is 1. The number of amides is 1. The van der Waals surface area contributed by atoms with E-state index in [-0.39, 0.29) is 12.5 Å². The third-order valence-corrected chi connectivity index (χ3v) is 3.23. The molecule has 2 rings (SSSR count). The second-order valence-corrected chi connectivity index (χ2v) is 5.49. The van der Waals surface area contributed by atoms with Crippen LogP contribution in [-0.4, -0.2) is 15.5 Å². The molecule has 0 fully saturated rings. The Labute approximate surface area is 119 Å². The quantitative estimate of drug-likeness (QED) is 0.927. The molecule has 106 valence electrons. The van der Waals surface area contributed by atoms with E-state index in [4.69, 9.17) is 0 Å². The van der Waals surface area contributed by atoms with Crippen molar-refractivity contribution in [3.8, 4) is 0 Å². The summed E-state index contributed by atoms with van der Waals surface area (Å²) < 4.78 is 1.81. The molecule has 0 radical (unpaired) electrons. The molecule has 0 saturated heterocycles. The molecule has 1 amide bonds. The second kappa shape index (κ2) is 5.90. The Morgan fingerprint density at radius 2 is 2.10 bits per heavy atom. The topological polar surface area (TPSA) is 46.9 Å². The fraction of sp³-hybridized carbons (Fsp3) is 0.375. The van der Waals surface area contributed by atoms with Crippen LogP contribution in [0.3, 0.4) is 0 Å². The van der Waals surface area contributed by atoms with Crippen molar-refractivity contribution < 1.29 is 4.79 Å². The van der Waals surface area contributed by atoms with Crippen molar-refractivity contribution in [3.05, 3.63) is 47.5 Å². The van der Waals surface area contributed by atoms with Crippen molar-refractivity contribution in [2.45, 2.75) is 40.2 Å². The van der Waals surface area contributed by atoms with E-state index in [1.807, 2.05) is 36.7 Å². The van der Waals surface area contributed by atoms with Crippen molar-refractivity contribution in [2.24, 2.45) is 0 Å². The lowest BCUT2D eigenvalue weighted by Crippen LogP contribution is -2.18. The predicted octanol–water partition coefficient (Wildman–Crippen LogP) is 3.26. The van der Waals surface area contributed by atoms with E-state index in [0.29, 0.717) is 5.92 Å². The van der Waals surface area contributed by atoms with Gasteiger partial charge in [-0.25, -0.2) is 4.98 Å². The fourth-order valence-electron chi connectivity index (χ4n) is 2.07. The molecule has 20 heavy (non-hydrogen) atoms. The third-order valence-electron chi connectivity index (χ3n) is 3.23. The third kappa shape index (κ3) is 3.47. The summed E-state index contributed by atoms with van der Waals surface area (Å²) >= 11 is 0. The molecule has 0 bridgehead atoms. The van der Waals surface area contributed by atoms with Gasteiger partial charge in [-0.05, 0) is 31.4 Å². The number of rotatable bonds is 4. The van der Waals surface area contributed by atoms with Crippen LogP contribution in [0, 0.1) is 13.8 Å². The van der Waals surface area contributed by atoms with Crippen LogP contribution in [0.15, 0.2) is 30.7 Å². The summed E-state index contributed by atoms with van der Waals surface area (Å²) in [6.07, 6.45) is 3.63. The first-order chi connectivity index (χ1) is 9.45. The van der Waals surface area contributed by atoms with Crippen LogP contribution in [0.1, 0.15) is 36.6 Å². The number of aryl methyl sites for hydroxylation is 2. The first kappa shape index (κ1) is 14.3. The molecule has 0 aliphatic rings. The monoisotopic (exact) mass is 271 g/mol. The Morgan fingerprint density at radius 3 is 2.70 bits per heavy atom. The minimum Gasteiger partial charge on any atom is -0.328 e. The summed E-state index contributed by atoms with van der Waals surface area (Å²) in [6.45, 7) is 8.49. The van der Waals surface area contributed by atoms with Gasteiger partial charge < -0.3 is 9.88 Å². The largest absolute Gasteiger partial charge is 0.328 e. The summed E-state index contributed by atoms with van der Waals surface area (Å²) in [4.78, 5) is 16.3. The zero-order valence-electron chi connectivity index (χ0n) is 12.5. The van der Waals surface area contributed by atoms with Gasteiger partial charge in [-0.2, -0.15) is 0 Å². The molecule has 1 aromatic heterocycles. The Hall–Kier alpha value is -2.10. The van der Waals surface area contributed by atoms with Crippen molar-refractivity contribution in [2.75, 3.05) is 5.32 Å². The maximum atomic E-state index is 12.0. The van der Waals surface area contributed by atoms with Gasteiger partial charge in [0.25, 0.3) is 0 Å². The maximum absolute atomic E-state index is 12.0. The van der Waals surface area contributed by atoms with Crippen molar-refractivity contribution in [1.82, 2.24) is 9.55 Å². The molecule has 0 atom stereocenters. The van der Waals surface area contributed by atoms with Crippen LogP contribution < -0.4 is 5.32 Å². The van der Waals surface area contributed by atoms with Crippen LogP contribution in [0.4, 0.5) is 5.69 Å². The summed E-state index contributed by atoms with van der Waals surface area (Å²) in [7, 11) is 0. The maximum Gasteiger partial charge on any atom is 0.244 e. The highest BCUT2D eigenvalue weighted by Gasteiger charge is 2.08. The van der Waals surface area contributed by atoms with E-state index >= 15 is 0 Å². The number of nitrogens with zero attached hydrogens (tertiary/aromatic N) is 2. The average Bonchev–Trinajstić information content (AvgIpc) is 2.81. The van der Waals surface area contributed by atoms with Crippen LogP contribution in [0.25, 0.3) is 0 Å². The predicted molar refractivity (Wildman–Crippen MR) is 80.9 cm³/mol. The highest BCUT2D eigenvalue weighted by Crippen LogP contribution is 2.16. The van der Waals surface area contributed by atoms with Gasteiger partial charge in [0.05, 0.1) is 12.0 Å². The average molecular weight is 271 g/mol. The van der Waals surface area contributed by atoms with E-state index in [1.165, 1.54) is 5.56 Å². The number of hydrogen-bond donors (Lipinski definition) is 1. The normalized spacial score (nSPS) is 10.8. The highest BCUT2D eigenvalue weighted by molar-refractivity contribution is 5.91. The number of benzene rings is 1. The Kier molecular flexibility index (Phi) is 4.23. The minimum atomic E-state index is -0.0374. The van der Waals surface area contributed by atoms with Gasteiger partial charge in [0, 0.05) is 11.9 Å².